The third kappa shape index (κ3) is 68.1. The maximum atomic E-state index is 13.1. The minimum atomic E-state index is -4.58. The Bertz CT molecular complexity index is 1450. The van der Waals surface area contributed by atoms with Crippen LogP contribution in [-0.4, -0.2) is 68.5 Å². The number of allylic oxidation sites excluding steroid dienone is 6. The molecule has 1 amide bonds. The van der Waals surface area contributed by atoms with Crippen molar-refractivity contribution in [1.29, 1.82) is 0 Å². The Morgan fingerprint density at radius 1 is 0.422 bits per heavy atom. The average Bonchev–Trinajstić information content (AvgIpc) is 3.49. The highest BCUT2D eigenvalue weighted by Crippen LogP contribution is 2.38. The summed E-state index contributed by atoms with van der Waals surface area (Å²) in [5.41, 5.74) is 0. The van der Waals surface area contributed by atoms with Crippen molar-refractivity contribution in [3.05, 3.63) is 36.5 Å². The molecule has 0 bridgehead atoms. The molecule has 8 nitrogen and oxygen atoms in total. The van der Waals surface area contributed by atoms with Crippen molar-refractivity contribution in [2.75, 3.05) is 40.9 Å². The Balaban J connectivity index is 3.98. The fraction of sp³-hybridized carbons (Fsp3) is 0.905. The number of aliphatic hydroxyl groups excluding tert-OH is 1. The molecule has 492 valence electrons. The molecule has 0 saturated heterocycles. The lowest BCUT2D eigenvalue weighted by molar-refractivity contribution is -0.870. The van der Waals surface area contributed by atoms with E-state index in [1.807, 2.05) is 21.1 Å². The molecule has 3 atom stereocenters. The average molecular weight is 1190 g/mol. The van der Waals surface area contributed by atoms with Gasteiger partial charge in [0.15, 0.2) is 0 Å². The molecule has 0 heterocycles. The quantitative estimate of drug-likeness (QED) is 0.0272. The van der Waals surface area contributed by atoms with Gasteiger partial charge in [0.1, 0.15) is 13.2 Å². The molecule has 0 aromatic carbocycles. The molecule has 0 aromatic heterocycles. The lowest BCUT2D eigenvalue weighted by atomic mass is 10.0. The number of likely N-dealkylation sites (N-methyl/N-ethyl adjacent to an activating group) is 1. The fourth-order valence-corrected chi connectivity index (χ4v) is 12.1. The van der Waals surface area contributed by atoms with Crippen molar-refractivity contribution >= 4 is 13.7 Å². The molecule has 0 aliphatic rings. The van der Waals surface area contributed by atoms with Crippen molar-refractivity contribution < 1.29 is 32.9 Å². The summed E-state index contributed by atoms with van der Waals surface area (Å²) in [6.45, 7) is 4.77. The van der Waals surface area contributed by atoms with E-state index in [1.54, 1.807) is 0 Å². The van der Waals surface area contributed by atoms with Crippen LogP contribution in [0.25, 0.3) is 0 Å². The highest BCUT2D eigenvalue weighted by molar-refractivity contribution is 7.45. The van der Waals surface area contributed by atoms with Gasteiger partial charge in [-0.05, 0) is 51.4 Å². The highest BCUT2D eigenvalue weighted by Gasteiger charge is 2.24. The topological polar surface area (TPSA) is 108 Å². The zero-order chi connectivity index (χ0) is 60.5. The molecule has 0 saturated carbocycles. The van der Waals surface area contributed by atoms with Crippen molar-refractivity contribution in [1.82, 2.24) is 5.32 Å². The maximum absolute atomic E-state index is 13.1. The van der Waals surface area contributed by atoms with Gasteiger partial charge in [0.25, 0.3) is 7.82 Å². The van der Waals surface area contributed by atoms with Crippen LogP contribution in [0.5, 0.6) is 0 Å². The number of quaternary nitrogens is 1. The van der Waals surface area contributed by atoms with Crippen LogP contribution in [0.15, 0.2) is 36.5 Å². The zero-order valence-corrected chi connectivity index (χ0v) is 57.3. The number of nitrogens with zero attached hydrogens (tertiary/aromatic N) is 1. The lowest BCUT2D eigenvalue weighted by Crippen LogP contribution is -2.46. The van der Waals surface area contributed by atoms with E-state index in [0.717, 1.165) is 51.4 Å². The van der Waals surface area contributed by atoms with Crippen LogP contribution < -0.4 is 10.2 Å². The van der Waals surface area contributed by atoms with Gasteiger partial charge in [0.05, 0.1) is 39.9 Å². The maximum Gasteiger partial charge on any atom is 0.268 e. The molecule has 2 N–H and O–H groups in total. The number of amides is 1. The first-order valence-corrected chi connectivity index (χ1v) is 38.3. The Morgan fingerprint density at radius 2 is 0.699 bits per heavy atom. The van der Waals surface area contributed by atoms with Crippen LogP contribution in [0.1, 0.15) is 380 Å². The van der Waals surface area contributed by atoms with E-state index in [-0.39, 0.29) is 19.1 Å². The van der Waals surface area contributed by atoms with Crippen molar-refractivity contribution in [2.24, 2.45) is 0 Å². The van der Waals surface area contributed by atoms with Gasteiger partial charge in [0.2, 0.25) is 5.91 Å². The first kappa shape index (κ1) is 81.7. The largest absolute Gasteiger partial charge is 0.756 e. The number of carbonyl (C=O) groups is 1. The third-order valence-electron chi connectivity index (χ3n) is 17.1. The molecule has 0 radical (unpaired) electrons. The molecule has 0 aliphatic heterocycles. The normalized spacial score (nSPS) is 13.8. The van der Waals surface area contributed by atoms with Gasteiger partial charge in [-0.1, -0.05) is 359 Å². The van der Waals surface area contributed by atoms with Crippen LogP contribution in [0.3, 0.4) is 0 Å². The second-order valence-corrected chi connectivity index (χ2v) is 28.1. The zero-order valence-electron chi connectivity index (χ0n) is 56.4. The van der Waals surface area contributed by atoms with Crippen LogP contribution >= 0.6 is 7.82 Å². The van der Waals surface area contributed by atoms with Gasteiger partial charge < -0.3 is 28.8 Å². The highest BCUT2D eigenvalue weighted by atomic mass is 31.2. The Kier molecular flexibility index (Phi) is 64.2. The second kappa shape index (κ2) is 65.2. The molecule has 9 heteroatoms. The van der Waals surface area contributed by atoms with Crippen LogP contribution in [0.2, 0.25) is 0 Å². The van der Waals surface area contributed by atoms with E-state index >= 15 is 0 Å². The number of phosphoric acid groups is 1. The summed E-state index contributed by atoms with van der Waals surface area (Å²) in [4.78, 5) is 25.7. The molecule has 0 aliphatic carbocycles. The van der Waals surface area contributed by atoms with Gasteiger partial charge in [-0.3, -0.25) is 9.36 Å². The van der Waals surface area contributed by atoms with Crippen LogP contribution in [0.4, 0.5) is 0 Å². The summed E-state index contributed by atoms with van der Waals surface area (Å²) in [7, 11) is 1.32. The van der Waals surface area contributed by atoms with Crippen LogP contribution in [-0.2, 0) is 18.4 Å². The van der Waals surface area contributed by atoms with E-state index < -0.39 is 20.0 Å². The van der Waals surface area contributed by atoms with Gasteiger partial charge in [-0.2, -0.15) is 0 Å². The van der Waals surface area contributed by atoms with Gasteiger partial charge in [-0.15, -0.1) is 0 Å². The molecule has 0 fully saturated rings. The third-order valence-corrected chi connectivity index (χ3v) is 18.1. The summed E-state index contributed by atoms with van der Waals surface area (Å²) in [6, 6.07) is -0.801. The van der Waals surface area contributed by atoms with E-state index in [9.17, 15) is 19.4 Å². The fourth-order valence-electron chi connectivity index (χ4n) is 11.4. The number of hydrogen-bond donors (Lipinski definition) is 2. The summed E-state index contributed by atoms with van der Waals surface area (Å²) in [5, 5.41) is 14.1. The number of hydrogen-bond acceptors (Lipinski definition) is 6. The summed E-state index contributed by atoms with van der Waals surface area (Å²) in [5.74, 6) is -0.157. The van der Waals surface area contributed by atoms with E-state index in [4.69, 9.17) is 9.05 Å². The van der Waals surface area contributed by atoms with Crippen LogP contribution in [0, 0.1) is 0 Å². The van der Waals surface area contributed by atoms with Crippen molar-refractivity contribution in [2.45, 2.75) is 392 Å². The molecule has 0 rings (SSSR count). The minimum Gasteiger partial charge on any atom is -0.756 e. The molecular formula is C74H145N2O6P. The molecule has 3 unspecified atom stereocenters. The van der Waals surface area contributed by atoms with Gasteiger partial charge in [0, 0.05) is 6.42 Å². The SMILES string of the molecule is CCCCCCC/C=C\C/C=C\C/C=C\CCCCCCCCCCCCCCCCCCCCC(=O)NC(COP(=O)([O-])OCC[N+](C)(C)C)C(O)CCCCCCCCCCCCCCCCCCCCCCCCCCCCCC. The van der Waals surface area contributed by atoms with Crippen molar-refractivity contribution in [3.63, 3.8) is 0 Å². The monoisotopic (exact) mass is 1190 g/mol. The smallest absolute Gasteiger partial charge is 0.268 e. The number of unbranched alkanes of at least 4 members (excludes halogenated alkanes) is 50. The minimum absolute atomic E-state index is 0.0142. The number of phosphoric ester groups is 1. The number of nitrogens with one attached hydrogen (secondary N) is 1. The Morgan fingerprint density at radius 3 is 1.01 bits per heavy atom. The lowest BCUT2D eigenvalue weighted by Gasteiger charge is -2.30. The Labute approximate surface area is 518 Å². The molecule has 0 spiro atoms. The summed E-state index contributed by atoms with van der Waals surface area (Å²) >= 11 is 0. The summed E-state index contributed by atoms with van der Waals surface area (Å²) in [6.07, 6.45) is 86.6. The van der Waals surface area contributed by atoms with E-state index in [1.165, 1.54) is 302 Å². The first-order chi connectivity index (χ1) is 40.5. The first-order valence-electron chi connectivity index (χ1n) is 36.8. The van der Waals surface area contributed by atoms with Gasteiger partial charge in [-0.25, -0.2) is 0 Å². The molecule has 83 heavy (non-hydrogen) atoms. The number of rotatable bonds is 69. The van der Waals surface area contributed by atoms with E-state index in [2.05, 4.69) is 55.6 Å². The summed E-state index contributed by atoms with van der Waals surface area (Å²) < 4.78 is 23.6. The predicted molar refractivity (Wildman–Crippen MR) is 362 cm³/mol. The Hall–Kier alpha value is -1.28. The molecule has 0 aromatic rings. The van der Waals surface area contributed by atoms with Gasteiger partial charge >= 0.3 is 0 Å². The number of aliphatic hydroxyl groups is 1. The number of carbonyl (C=O) groups excluding carboxylic acids is 1. The predicted octanol–water partition coefficient (Wildman–Crippen LogP) is 23.0. The molecular weight excluding hydrogens is 1040 g/mol. The van der Waals surface area contributed by atoms with Crippen molar-refractivity contribution in [3.8, 4) is 0 Å². The second-order valence-electron chi connectivity index (χ2n) is 26.7. The van der Waals surface area contributed by atoms with E-state index in [0.29, 0.717) is 23.9 Å². The standard InChI is InChI=1S/C74H145N2O6P/c1-6-8-10-12-14-16-18-20-22-24-26-28-30-32-34-36-37-38-39-40-42-44-46-48-50-52-54-56-58-60-62-64-66-68-74(78)75-72(71-82-83(79,80)81-70-69-76(3,4)5)73(77)67-65-63-61-59-57-55-53-51-49-47-45-43-41-35-33-31-29-27-25-23-21-19-17-15-13-11-9-7-2/h18,20,24,26,30,32,72-73,77H,6-17,19,21-23,25,27-29,31,33-71H2,1-5H3,(H-,75,78,79,80)/b20-18-,26-24-,32-30-.